The van der Waals surface area contributed by atoms with Crippen LogP contribution < -0.4 is 15.6 Å². The second kappa shape index (κ2) is 5.44. The largest absolute Gasteiger partial charge is 0.490 e. The van der Waals surface area contributed by atoms with Crippen molar-refractivity contribution in [1.82, 2.24) is 15.8 Å². The lowest BCUT2D eigenvalue weighted by atomic mass is 10.1. The standard InChI is InChI=1S/C14H15N3O3/c18-14(19)11-7-10(16-17-11)8-20-12-5-1-3-9-4-2-6-15-13(9)12/h1-6,10-11,16-17H,7-8H2,(H,18,19). The zero-order valence-corrected chi connectivity index (χ0v) is 10.7. The first kappa shape index (κ1) is 12.8. The molecule has 1 aromatic carbocycles. The molecule has 0 radical (unpaired) electrons. The number of fused-ring (bicyclic) bond motifs is 1. The van der Waals surface area contributed by atoms with Crippen LogP contribution in [0.3, 0.4) is 0 Å². The van der Waals surface area contributed by atoms with Gasteiger partial charge in [0.25, 0.3) is 0 Å². The fourth-order valence-corrected chi connectivity index (χ4v) is 2.28. The minimum Gasteiger partial charge on any atom is -0.490 e. The number of aromatic nitrogens is 1. The van der Waals surface area contributed by atoms with Gasteiger partial charge < -0.3 is 9.84 Å². The summed E-state index contributed by atoms with van der Waals surface area (Å²) in [6.45, 7) is 0.395. The van der Waals surface area contributed by atoms with E-state index < -0.39 is 12.0 Å². The van der Waals surface area contributed by atoms with Crippen molar-refractivity contribution >= 4 is 16.9 Å². The van der Waals surface area contributed by atoms with Crippen LogP contribution in [0, 0.1) is 0 Å². The minimum absolute atomic E-state index is 0.0323. The third-order valence-corrected chi connectivity index (χ3v) is 3.32. The molecule has 0 spiro atoms. The topological polar surface area (TPSA) is 83.5 Å². The van der Waals surface area contributed by atoms with Gasteiger partial charge in [-0.25, -0.2) is 5.43 Å². The lowest BCUT2D eigenvalue weighted by Gasteiger charge is -2.12. The molecule has 2 heterocycles. The Morgan fingerprint density at radius 1 is 1.35 bits per heavy atom. The van der Waals surface area contributed by atoms with E-state index in [9.17, 15) is 4.79 Å². The van der Waals surface area contributed by atoms with E-state index in [0.29, 0.717) is 18.8 Å². The Kier molecular flexibility index (Phi) is 3.49. The monoisotopic (exact) mass is 273 g/mol. The van der Waals surface area contributed by atoms with E-state index in [-0.39, 0.29) is 6.04 Å². The van der Waals surface area contributed by atoms with E-state index in [1.807, 2.05) is 30.3 Å². The maximum atomic E-state index is 10.8. The van der Waals surface area contributed by atoms with Gasteiger partial charge in [-0.2, -0.15) is 0 Å². The van der Waals surface area contributed by atoms with Gasteiger partial charge in [-0.15, -0.1) is 0 Å². The normalized spacial score (nSPS) is 22.0. The average Bonchev–Trinajstić information content (AvgIpc) is 2.94. The molecule has 0 bridgehead atoms. The molecule has 20 heavy (non-hydrogen) atoms. The third-order valence-electron chi connectivity index (χ3n) is 3.32. The number of hydrogen-bond donors (Lipinski definition) is 3. The molecule has 0 amide bonds. The van der Waals surface area contributed by atoms with E-state index in [1.165, 1.54) is 0 Å². The van der Waals surface area contributed by atoms with E-state index in [2.05, 4.69) is 15.8 Å². The van der Waals surface area contributed by atoms with Gasteiger partial charge >= 0.3 is 5.97 Å². The van der Waals surface area contributed by atoms with E-state index in [0.717, 1.165) is 10.9 Å². The van der Waals surface area contributed by atoms with Crippen LogP contribution in [0.5, 0.6) is 5.75 Å². The molecule has 1 saturated heterocycles. The number of hydrazine groups is 1. The van der Waals surface area contributed by atoms with Gasteiger partial charge in [0.15, 0.2) is 0 Å². The molecular formula is C14H15N3O3. The van der Waals surface area contributed by atoms with Crippen molar-refractivity contribution < 1.29 is 14.6 Å². The number of rotatable bonds is 4. The number of carboxylic acids is 1. The fourth-order valence-electron chi connectivity index (χ4n) is 2.28. The van der Waals surface area contributed by atoms with Crippen LogP contribution in [0.15, 0.2) is 36.5 Å². The zero-order valence-electron chi connectivity index (χ0n) is 10.7. The lowest BCUT2D eigenvalue weighted by molar-refractivity contribution is -0.139. The van der Waals surface area contributed by atoms with Crippen molar-refractivity contribution in [2.75, 3.05) is 6.61 Å². The molecule has 6 nitrogen and oxygen atoms in total. The van der Waals surface area contributed by atoms with Gasteiger partial charge in [-0.3, -0.25) is 15.2 Å². The predicted octanol–water partition coefficient (Wildman–Crippen LogP) is 0.933. The second-order valence-corrected chi connectivity index (χ2v) is 4.75. The highest BCUT2D eigenvalue weighted by atomic mass is 16.5. The number of nitrogens with one attached hydrogen (secondary N) is 2. The van der Waals surface area contributed by atoms with Crippen LogP contribution in [-0.4, -0.2) is 34.8 Å². The first-order valence-electron chi connectivity index (χ1n) is 6.44. The van der Waals surface area contributed by atoms with Crippen LogP contribution >= 0.6 is 0 Å². The Labute approximate surface area is 115 Å². The Hall–Kier alpha value is -2.18. The van der Waals surface area contributed by atoms with E-state index in [1.54, 1.807) is 6.20 Å². The molecule has 1 aromatic heterocycles. The molecule has 2 aromatic rings. The number of para-hydroxylation sites is 1. The summed E-state index contributed by atoms with van der Waals surface area (Å²) in [5.41, 5.74) is 6.48. The Bertz CT molecular complexity index is 627. The highest BCUT2D eigenvalue weighted by Crippen LogP contribution is 2.23. The molecule has 0 saturated carbocycles. The van der Waals surface area contributed by atoms with Crippen molar-refractivity contribution in [2.24, 2.45) is 0 Å². The highest BCUT2D eigenvalue weighted by molar-refractivity contribution is 5.84. The zero-order chi connectivity index (χ0) is 13.9. The number of pyridine rings is 1. The van der Waals surface area contributed by atoms with Gasteiger partial charge in [0.2, 0.25) is 0 Å². The number of ether oxygens (including phenoxy) is 1. The summed E-state index contributed by atoms with van der Waals surface area (Å²) in [4.78, 5) is 15.2. The van der Waals surface area contributed by atoms with Crippen molar-refractivity contribution in [3.05, 3.63) is 36.5 Å². The van der Waals surface area contributed by atoms with Crippen molar-refractivity contribution in [2.45, 2.75) is 18.5 Å². The molecule has 1 aliphatic rings. The molecule has 2 atom stereocenters. The summed E-state index contributed by atoms with van der Waals surface area (Å²) >= 11 is 0. The van der Waals surface area contributed by atoms with Crippen LogP contribution in [0.1, 0.15) is 6.42 Å². The summed E-state index contributed by atoms with van der Waals surface area (Å²) in [5.74, 6) is -0.143. The summed E-state index contributed by atoms with van der Waals surface area (Å²) < 4.78 is 5.77. The molecule has 3 rings (SSSR count). The number of aliphatic carboxylic acids is 1. The van der Waals surface area contributed by atoms with E-state index in [4.69, 9.17) is 9.84 Å². The van der Waals surface area contributed by atoms with Gasteiger partial charge in [0.1, 0.15) is 23.9 Å². The first-order valence-corrected chi connectivity index (χ1v) is 6.44. The molecule has 2 unspecified atom stereocenters. The third kappa shape index (κ3) is 2.56. The molecule has 104 valence electrons. The number of nitrogens with zero attached hydrogens (tertiary/aromatic N) is 1. The molecular weight excluding hydrogens is 258 g/mol. The van der Waals surface area contributed by atoms with E-state index >= 15 is 0 Å². The maximum Gasteiger partial charge on any atom is 0.322 e. The summed E-state index contributed by atoms with van der Waals surface area (Å²) in [6, 6.07) is 9.03. The SMILES string of the molecule is O=C(O)C1CC(COc2cccc3cccnc23)NN1. The quantitative estimate of drug-likeness (QED) is 0.768. The summed E-state index contributed by atoms with van der Waals surface area (Å²) in [5, 5.41) is 9.92. The van der Waals surface area contributed by atoms with Crippen molar-refractivity contribution in [1.29, 1.82) is 0 Å². The van der Waals surface area contributed by atoms with Gasteiger partial charge in [-0.05, 0) is 18.6 Å². The predicted molar refractivity (Wildman–Crippen MR) is 73.3 cm³/mol. The van der Waals surface area contributed by atoms with Crippen LogP contribution in [0.2, 0.25) is 0 Å². The van der Waals surface area contributed by atoms with Crippen LogP contribution in [-0.2, 0) is 4.79 Å². The first-order chi connectivity index (χ1) is 9.74. The Balaban J connectivity index is 1.67. The number of carbonyl (C=O) groups is 1. The summed E-state index contributed by atoms with van der Waals surface area (Å²) in [7, 11) is 0. The fraction of sp³-hybridized carbons (Fsp3) is 0.286. The summed E-state index contributed by atoms with van der Waals surface area (Å²) in [6.07, 6.45) is 2.22. The maximum absolute atomic E-state index is 10.8. The van der Waals surface area contributed by atoms with Crippen molar-refractivity contribution in [3.63, 3.8) is 0 Å². The van der Waals surface area contributed by atoms with Gasteiger partial charge in [0.05, 0.1) is 6.04 Å². The van der Waals surface area contributed by atoms with Crippen molar-refractivity contribution in [3.8, 4) is 5.75 Å². The Morgan fingerprint density at radius 3 is 3.00 bits per heavy atom. The second-order valence-electron chi connectivity index (χ2n) is 4.75. The van der Waals surface area contributed by atoms with Crippen LogP contribution in [0.4, 0.5) is 0 Å². The number of hydrogen-bond acceptors (Lipinski definition) is 5. The van der Waals surface area contributed by atoms with Crippen LogP contribution in [0.25, 0.3) is 10.9 Å². The smallest absolute Gasteiger partial charge is 0.322 e. The highest BCUT2D eigenvalue weighted by Gasteiger charge is 2.29. The molecule has 0 aliphatic carbocycles. The lowest BCUT2D eigenvalue weighted by Crippen LogP contribution is -2.38. The average molecular weight is 273 g/mol. The molecule has 6 heteroatoms. The number of benzene rings is 1. The molecule has 1 fully saturated rings. The minimum atomic E-state index is -0.855. The number of carboxylic acid groups (broad SMARTS) is 1. The van der Waals surface area contributed by atoms with Gasteiger partial charge in [0, 0.05) is 11.6 Å². The molecule has 1 aliphatic heterocycles. The van der Waals surface area contributed by atoms with Gasteiger partial charge in [-0.1, -0.05) is 18.2 Å². The molecule has 3 N–H and O–H groups in total. The Morgan fingerprint density at radius 2 is 2.20 bits per heavy atom.